The van der Waals surface area contributed by atoms with Gasteiger partial charge in [-0.2, -0.15) is 4.31 Å². The molecule has 1 aliphatic heterocycles. The highest BCUT2D eigenvalue weighted by molar-refractivity contribution is 7.89. The zero-order valence-corrected chi connectivity index (χ0v) is 20.6. The number of aliphatic hydroxyl groups is 2. The second kappa shape index (κ2) is 10.0. The quantitative estimate of drug-likeness (QED) is 0.637. The zero-order valence-electron chi connectivity index (χ0n) is 19.7. The Morgan fingerprint density at radius 1 is 1.36 bits per heavy atom. The maximum Gasteiger partial charge on any atom is 0.247 e. The van der Waals surface area contributed by atoms with Gasteiger partial charge in [0.1, 0.15) is 22.4 Å². The van der Waals surface area contributed by atoms with Gasteiger partial charge in [-0.05, 0) is 50.8 Å². The van der Waals surface area contributed by atoms with Gasteiger partial charge in [0.05, 0.1) is 13.2 Å². The molecule has 1 fully saturated rings. The lowest BCUT2D eigenvalue weighted by atomic mass is 10.0. The fourth-order valence-corrected chi connectivity index (χ4v) is 6.02. The minimum atomic E-state index is -3.94. The number of fused-ring (bicyclic) bond motifs is 1. The molecule has 3 atom stereocenters. The lowest BCUT2D eigenvalue weighted by Gasteiger charge is -2.37. The van der Waals surface area contributed by atoms with Crippen molar-refractivity contribution < 1.29 is 28.2 Å². The van der Waals surface area contributed by atoms with Gasteiger partial charge in [-0.15, -0.1) is 0 Å². The Labute approximate surface area is 196 Å². The molecule has 0 saturated heterocycles. The molecule has 0 radical (unpaired) electrons. The number of hydrogen-bond acceptors (Lipinski definition) is 6. The van der Waals surface area contributed by atoms with Crippen molar-refractivity contribution in [2.45, 2.75) is 69.1 Å². The molecule has 1 aromatic rings. The summed E-state index contributed by atoms with van der Waals surface area (Å²) in [6, 6.07) is 4.03. The Balaban J connectivity index is 2.06. The van der Waals surface area contributed by atoms with Crippen molar-refractivity contribution in [3.05, 3.63) is 23.8 Å². The van der Waals surface area contributed by atoms with Crippen molar-refractivity contribution in [2.75, 3.05) is 26.7 Å². The summed E-state index contributed by atoms with van der Waals surface area (Å²) in [5, 5.41) is 20.2. The highest BCUT2D eigenvalue weighted by atomic mass is 32.2. The number of carbonyl (C=O) groups excluding carboxylic acids is 1. The first kappa shape index (κ1) is 25.5. The zero-order chi connectivity index (χ0) is 24.4. The van der Waals surface area contributed by atoms with Gasteiger partial charge in [0.2, 0.25) is 15.9 Å². The van der Waals surface area contributed by atoms with Crippen LogP contribution in [0.5, 0.6) is 5.75 Å². The van der Waals surface area contributed by atoms with Crippen LogP contribution in [0, 0.1) is 17.8 Å². The van der Waals surface area contributed by atoms with Crippen LogP contribution in [0.2, 0.25) is 0 Å². The third-order valence-electron chi connectivity index (χ3n) is 6.53. The second-order valence-corrected chi connectivity index (χ2v) is 11.1. The van der Waals surface area contributed by atoms with Crippen molar-refractivity contribution in [1.82, 2.24) is 9.21 Å². The van der Waals surface area contributed by atoms with Crippen molar-refractivity contribution in [3.63, 3.8) is 0 Å². The average Bonchev–Trinajstić information content (AvgIpc) is 3.20. The smallest absolute Gasteiger partial charge is 0.247 e. The van der Waals surface area contributed by atoms with E-state index in [1.165, 1.54) is 22.2 Å². The van der Waals surface area contributed by atoms with Crippen LogP contribution in [-0.4, -0.2) is 78.2 Å². The molecular weight excluding hydrogens is 444 g/mol. The molecule has 9 heteroatoms. The number of hydrogen-bond donors (Lipinski definition) is 2. The minimum Gasteiger partial charge on any atom is -0.487 e. The highest BCUT2D eigenvalue weighted by Gasteiger charge is 2.38. The lowest BCUT2D eigenvalue weighted by molar-refractivity contribution is -0.129. The average molecular weight is 479 g/mol. The molecule has 0 aromatic heterocycles. The molecule has 2 N–H and O–H groups in total. The Morgan fingerprint density at radius 3 is 2.64 bits per heavy atom. The van der Waals surface area contributed by atoms with E-state index in [1.54, 1.807) is 26.1 Å². The van der Waals surface area contributed by atoms with Gasteiger partial charge >= 0.3 is 0 Å². The summed E-state index contributed by atoms with van der Waals surface area (Å²) in [4.78, 5) is 13.4. The molecule has 1 saturated carbocycles. The topological polar surface area (TPSA) is 107 Å². The van der Waals surface area contributed by atoms with Gasteiger partial charge in [0.25, 0.3) is 0 Å². The van der Waals surface area contributed by atoms with Crippen LogP contribution < -0.4 is 4.74 Å². The molecule has 1 amide bonds. The van der Waals surface area contributed by atoms with Crippen LogP contribution in [0.1, 0.15) is 52.0 Å². The maximum absolute atomic E-state index is 13.5. The SMILES string of the molecule is CC(=O)N(C)C[C@@H]1Oc2cc(C#CC3(O)CCCC3)ccc2S(=O)(=O)N([C@@H](C)CO)C[C@@H]1C. The summed E-state index contributed by atoms with van der Waals surface area (Å²) in [6.45, 7) is 5.11. The third-order valence-corrected chi connectivity index (χ3v) is 8.55. The van der Waals surface area contributed by atoms with Crippen molar-refractivity contribution >= 4 is 15.9 Å². The maximum atomic E-state index is 13.5. The Morgan fingerprint density at radius 2 is 2.03 bits per heavy atom. The van der Waals surface area contributed by atoms with Gasteiger partial charge in [-0.1, -0.05) is 18.8 Å². The molecule has 182 valence electrons. The summed E-state index contributed by atoms with van der Waals surface area (Å²) in [5.74, 6) is 5.70. The molecule has 1 aliphatic carbocycles. The van der Waals surface area contributed by atoms with E-state index in [0.717, 1.165) is 12.8 Å². The monoisotopic (exact) mass is 478 g/mol. The number of sulfonamides is 1. The standard InChI is InChI=1S/C24H34N2O6S/c1-17-14-26(18(2)16-27)33(30,31)23-8-7-20(9-12-24(29)10-5-6-11-24)13-21(23)32-22(17)15-25(4)19(3)28/h7-8,13,17-18,22,27,29H,5-6,10-11,14-16H2,1-4H3/t17-,18-,22-/m0/s1. The van der Waals surface area contributed by atoms with Gasteiger partial charge in [-0.25, -0.2) is 8.42 Å². The summed E-state index contributed by atoms with van der Waals surface area (Å²) < 4.78 is 34.5. The number of ether oxygens (including phenoxy) is 1. The van der Waals surface area contributed by atoms with E-state index >= 15 is 0 Å². The number of nitrogens with zero attached hydrogens (tertiary/aromatic N) is 2. The van der Waals surface area contributed by atoms with Crippen LogP contribution in [0.4, 0.5) is 0 Å². The van der Waals surface area contributed by atoms with E-state index in [0.29, 0.717) is 18.4 Å². The Kier molecular flexibility index (Phi) is 7.74. The largest absolute Gasteiger partial charge is 0.487 e. The third kappa shape index (κ3) is 5.69. The van der Waals surface area contributed by atoms with E-state index < -0.39 is 27.8 Å². The second-order valence-electron chi connectivity index (χ2n) is 9.29. The molecule has 3 rings (SSSR count). The molecule has 0 unspecified atom stereocenters. The summed E-state index contributed by atoms with van der Waals surface area (Å²) in [7, 11) is -2.27. The Bertz CT molecular complexity index is 1040. The van der Waals surface area contributed by atoms with E-state index in [9.17, 15) is 23.4 Å². The van der Waals surface area contributed by atoms with Gasteiger partial charge in [0.15, 0.2) is 0 Å². The van der Waals surface area contributed by atoms with E-state index in [2.05, 4.69) is 11.8 Å². The number of aliphatic hydroxyl groups excluding tert-OH is 1. The van der Waals surface area contributed by atoms with Gasteiger partial charge in [-0.3, -0.25) is 4.79 Å². The van der Waals surface area contributed by atoms with Crippen LogP contribution >= 0.6 is 0 Å². The minimum absolute atomic E-state index is 0.00435. The molecular formula is C24H34N2O6S. The van der Waals surface area contributed by atoms with Gasteiger partial charge in [0, 0.05) is 38.0 Å². The fraction of sp³-hybridized carbons (Fsp3) is 0.625. The Hall–Kier alpha value is -2.12. The predicted molar refractivity (Wildman–Crippen MR) is 124 cm³/mol. The molecule has 0 bridgehead atoms. The normalized spacial score (nSPS) is 24.9. The van der Waals surface area contributed by atoms with Crippen molar-refractivity contribution in [1.29, 1.82) is 0 Å². The molecule has 0 spiro atoms. The first-order valence-electron chi connectivity index (χ1n) is 11.4. The fourth-order valence-electron chi connectivity index (χ4n) is 4.19. The summed E-state index contributed by atoms with van der Waals surface area (Å²) in [6.07, 6.45) is 2.64. The number of likely N-dealkylation sites (N-methyl/N-ethyl adjacent to an activating group) is 1. The lowest BCUT2D eigenvalue weighted by Crippen LogP contribution is -2.50. The number of rotatable bonds is 4. The molecule has 8 nitrogen and oxygen atoms in total. The summed E-state index contributed by atoms with van der Waals surface area (Å²) in [5.41, 5.74) is -0.468. The molecule has 1 heterocycles. The van der Waals surface area contributed by atoms with Crippen LogP contribution in [-0.2, 0) is 14.8 Å². The first-order valence-corrected chi connectivity index (χ1v) is 12.8. The van der Waals surface area contributed by atoms with E-state index in [4.69, 9.17) is 4.74 Å². The van der Waals surface area contributed by atoms with Crippen molar-refractivity contribution in [3.8, 4) is 17.6 Å². The number of amides is 1. The van der Waals surface area contributed by atoms with Crippen LogP contribution in [0.25, 0.3) is 0 Å². The highest BCUT2D eigenvalue weighted by Crippen LogP contribution is 2.34. The molecule has 33 heavy (non-hydrogen) atoms. The van der Waals surface area contributed by atoms with Gasteiger partial charge < -0.3 is 19.8 Å². The van der Waals surface area contributed by atoms with E-state index in [-0.39, 0.29) is 42.2 Å². The summed E-state index contributed by atoms with van der Waals surface area (Å²) >= 11 is 0. The van der Waals surface area contributed by atoms with Crippen molar-refractivity contribution in [2.24, 2.45) is 5.92 Å². The molecule has 1 aromatic carbocycles. The van der Waals surface area contributed by atoms with E-state index in [1.807, 2.05) is 6.92 Å². The first-order chi connectivity index (χ1) is 15.5. The predicted octanol–water partition coefficient (Wildman–Crippen LogP) is 1.59. The number of benzene rings is 1. The van der Waals surface area contributed by atoms with Crippen LogP contribution in [0.15, 0.2) is 23.1 Å². The number of carbonyl (C=O) groups is 1. The molecule has 2 aliphatic rings. The van der Waals surface area contributed by atoms with Crippen LogP contribution in [0.3, 0.4) is 0 Å².